The van der Waals surface area contributed by atoms with Crippen molar-refractivity contribution < 1.29 is 18.8 Å². The molecule has 0 atom stereocenters. The van der Waals surface area contributed by atoms with Crippen molar-refractivity contribution in [2.75, 3.05) is 12.4 Å². The van der Waals surface area contributed by atoms with E-state index >= 15 is 0 Å². The van der Waals surface area contributed by atoms with E-state index in [1.165, 1.54) is 0 Å². The van der Waals surface area contributed by atoms with Crippen LogP contribution >= 0.6 is 0 Å². The number of hydrogen-bond donors (Lipinski definition) is 2. The second kappa shape index (κ2) is 8.50. The van der Waals surface area contributed by atoms with Crippen LogP contribution in [-0.4, -0.2) is 29.1 Å². The van der Waals surface area contributed by atoms with E-state index in [9.17, 15) is 9.59 Å². The molecule has 0 spiro atoms. The lowest BCUT2D eigenvalue weighted by Crippen LogP contribution is -2.14. The number of carbonyl (C=O) groups is 2. The second-order valence-electron chi connectivity index (χ2n) is 6.59. The number of benzene rings is 3. The first-order valence-corrected chi connectivity index (χ1v) is 9.34. The quantitative estimate of drug-likeness (QED) is 0.496. The third-order valence-corrected chi connectivity index (χ3v) is 4.60. The molecule has 8 nitrogen and oxygen atoms in total. The summed E-state index contributed by atoms with van der Waals surface area (Å²) in [6.45, 7) is 0. The summed E-state index contributed by atoms with van der Waals surface area (Å²) in [6, 6.07) is 20.5. The van der Waals surface area contributed by atoms with Gasteiger partial charge in [-0.1, -0.05) is 17.3 Å². The van der Waals surface area contributed by atoms with Gasteiger partial charge in [-0.2, -0.15) is 4.98 Å². The summed E-state index contributed by atoms with van der Waals surface area (Å²) in [5.41, 5.74) is 7.75. The van der Waals surface area contributed by atoms with Crippen LogP contribution in [0.2, 0.25) is 0 Å². The summed E-state index contributed by atoms with van der Waals surface area (Å²) < 4.78 is 10.6. The molecule has 0 aliphatic heterocycles. The summed E-state index contributed by atoms with van der Waals surface area (Å²) in [4.78, 5) is 28.5. The molecule has 8 heteroatoms. The Hall–Kier alpha value is -4.46. The van der Waals surface area contributed by atoms with E-state index in [0.717, 1.165) is 11.3 Å². The average Bonchev–Trinajstić information content (AvgIpc) is 3.29. The molecule has 4 aromatic rings. The maximum Gasteiger partial charge on any atom is 0.259 e. The number of aromatic nitrogens is 2. The summed E-state index contributed by atoms with van der Waals surface area (Å²) in [7, 11) is 1.59. The minimum absolute atomic E-state index is 0.223. The summed E-state index contributed by atoms with van der Waals surface area (Å²) in [5.74, 6) is 0.452. The minimum Gasteiger partial charge on any atom is -0.497 e. The molecule has 0 saturated heterocycles. The molecule has 4 rings (SSSR count). The van der Waals surface area contributed by atoms with Crippen molar-refractivity contribution in [3.63, 3.8) is 0 Å². The molecule has 0 fully saturated rings. The van der Waals surface area contributed by atoms with Gasteiger partial charge < -0.3 is 20.3 Å². The molecule has 0 saturated carbocycles. The van der Waals surface area contributed by atoms with E-state index in [2.05, 4.69) is 15.5 Å². The topological polar surface area (TPSA) is 120 Å². The Morgan fingerprint density at radius 1 is 0.968 bits per heavy atom. The molecule has 0 aliphatic rings. The first-order valence-electron chi connectivity index (χ1n) is 9.34. The number of primary amides is 1. The lowest BCUT2D eigenvalue weighted by atomic mass is 10.1. The number of hydrogen-bond acceptors (Lipinski definition) is 6. The molecule has 0 aliphatic carbocycles. The van der Waals surface area contributed by atoms with Gasteiger partial charge in [-0.15, -0.1) is 0 Å². The zero-order valence-corrected chi connectivity index (χ0v) is 16.5. The van der Waals surface area contributed by atoms with Crippen molar-refractivity contribution in [3.8, 4) is 28.6 Å². The van der Waals surface area contributed by atoms with Crippen LogP contribution in [-0.2, 0) is 0 Å². The van der Waals surface area contributed by atoms with Crippen molar-refractivity contribution in [1.82, 2.24) is 10.1 Å². The van der Waals surface area contributed by atoms with Gasteiger partial charge in [0.05, 0.1) is 18.2 Å². The Balaban J connectivity index is 1.59. The van der Waals surface area contributed by atoms with Gasteiger partial charge in [0.2, 0.25) is 11.7 Å². The molecular weight excluding hydrogens is 396 g/mol. The van der Waals surface area contributed by atoms with E-state index in [1.807, 2.05) is 12.1 Å². The van der Waals surface area contributed by atoms with Crippen LogP contribution in [0, 0.1) is 0 Å². The van der Waals surface area contributed by atoms with Crippen molar-refractivity contribution in [2.24, 2.45) is 5.73 Å². The van der Waals surface area contributed by atoms with Crippen molar-refractivity contribution >= 4 is 17.5 Å². The van der Waals surface area contributed by atoms with Crippen molar-refractivity contribution in [1.29, 1.82) is 0 Å². The standard InChI is InChI=1S/C23H18N4O4/c1-30-17-12-8-15(9-13-17)21-26-23(31-27-21)19-5-3-2-4-18(19)22(29)25-16-10-6-14(7-11-16)20(24)28/h2-13H,1H3,(H2,24,28)(H,25,29). The van der Waals surface area contributed by atoms with E-state index in [4.69, 9.17) is 15.0 Å². The summed E-state index contributed by atoms with van der Waals surface area (Å²) in [6.07, 6.45) is 0. The summed E-state index contributed by atoms with van der Waals surface area (Å²) in [5, 5.41) is 6.82. The van der Waals surface area contributed by atoms with E-state index in [-0.39, 0.29) is 11.8 Å². The molecule has 3 aromatic carbocycles. The van der Waals surface area contributed by atoms with Crippen LogP contribution in [0.4, 0.5) is 5.69 Å². The fraction of sp³-hybridized carbons (Fsp3) is 0.0435. The van der Waals surface area contributed by atoms with Crippen LogP contribution in [0.5, 0.6) is 5.75 Å². The predicted octanol–water partition coefficient (Wildman–Crippen LogP) is 3.76. The van der Waals surface area contributed by atoms with Crippen LogP contribution in [0.3, 0.4) is 0 Å². The highest BCUT2D eigenvalue weighted by molar-refractivity contribution is 6.08. The lowest BCUT2D eigenvalue weighted by Gasteiger charge is -2.08. The van der Waals surface area contributed by atoms with Crippen LogP contribution in [0.1, 0.15) is 20.7 Å². The van der Waals surface area contributed by atoms with Crippen LogP contribution in [0.15, 0.2) is 77.3 Å². The Morgan fingerprint density at radius 3 is 2.35 bits per heavy atom. The van der Waals surface area contributed by atoms with Gasteiger partial charge >= 0.3 is 0 Å². The van der Waals surface area contributed by atoms with Gasteiger partial charge in [0.1, 0.15) is 5.75 Å². The lowest BCUT2D eigenvalue weighted by molar-refractivity contribution is 0.0998. The molecular formula is C23H18N4O4. The van der Waals surface area contributed by atoms with E-state index in [0.29, 0.717) is 28.2 Å². The minimum atomic E-state index is -0.535. The Labute approximate surface area is 177 Å². The molecule has 0 unspecified atom stereocenters. The molecule has 1 aromatic heterocycles. The molecule has 1 heterocycles. The Morgan fingerprint density at radius 2 is 1.68 bits per heavy atom. The number of nitrogens with one attached hydrogen (secondary N) is 1. The number of nitrogens with zero attached hydrogens (tertiary/aromatic N) is 2. The third kappa shape index (κ3) is 4.27. The smallest absolute Gasteiger partial charge is 0.259 e. The van der Waals surface area contributed by atoms with E-state index < -0.39 is 5.91 Å². The van der Waals surface area contributed by atoms with Gasteiger partial charge in [0.15, 0.2) is 0 Å². The summed E-state index contributed by atoms with van der Waals surface area (Å²) >= 11 is 0. The van der Waals surface area contributed by atoms with Crippen LogP contribution in [0.25, 0.3) is 22.8 Å². The number of ether oxygens (including phenoxy) is 1. The maximum atomic E-state index is 12.9. The fourth-order valence-electron chi connectivity index (χ4n) is 2.97. The molecule has 0 bridgehead atoms. The first-order chi connectivity index (χ1) is 15.0. The maximum absolute atomic E-state index is 12.9. The van der Waals surface area contributed by atoms with Gasteiger partial charge in [-0.3, -0.25) is 9.59 Å². The molecule has 2 amide bonds. The monoisotopic (exact) mass is 414 g/mol. The Kier molecular flexibility index (Phi) is 5.44. The molecule has 154 valence electrons. The van der Waals surface area contributed by atoms with Crippen molar-refractivity contribution in [2.45, 2.75) is 0 Å². The van der Waals surface area contributed by atoms with E-state index in [1.54, 1.807) is 67.8 Å². The molecule has 0 radical (unpaired) electrons. The second-order valence-corrected chi connectivity index (χ2v) is 6.59. The highest BCUT2D eigenvalue weighted by atomic mass is 16.5. The number of nitrogens with two attached hydrogens (primary N) is 1. The van der Waals surface area contributed by atoms with Crippen LogP contribution < -0.4 is 15.8 Å². The average molecular weight is 414 g/mol. The largest absolute Gasteiger partial charge is 0.497 e. The number of rotatable bonds is 6. The highest BCUT2D eigenvalue weighted by Crippen LogP contribution is 2.27. The van der Waals surface area contributed by atoms with Crippen molar-refractivity contribution in [3.05, 3.63) is 83.9 Å². The molecule has 3 N–H and O–H groups in total. The highest BCUT2D eigenvalue weighted by Gasteiger charge is 2.18. The number of amides is 2. The normalized spacial score (nSPS) is 10.5. The SMILES string of the molecule is COc1ccc(-c2noc(-c3ccccc3C(=O)Nc3ccc(C(N)=O)cc3)n2)cc1. The fourth-order valence-corrected chi connectivity index (χ4v) is 2.97. The Bertz CT molecular complexity index is 1230. The van der Waals surface area contributed by atoms with Gasteiger partial charge in [0, 0.05) is 16.8 Å². The zero-order valence-electron chi connectivity index (χ0n) is 16.5. The van der Waals surface area contributed by atoms with Gasteiger partial charge in [-0.05, 0) is 60.7 Å². The van der Waals surface area contributed by atoms with Gasteiger partial charge in [0.25, 0.3) is 11.8 Å². The molecule has 31 heavy (non-hydrogen) atoms. The zero-order chi connectivity index (χ0) is 21.8. The predicted molar refractivity (Wildman–Crippen MR) is 115 cm³/mol. The third-order valence-electron chi connectivity index (χ3n) is 4.60. The number of methoxy groups -OCH3 is 1. The van der Waals surface area contributed by atoms with Gasteiger partial charge in [-0.25, -0.2) is 0 Å². The number of anilines is 1. The number of carbonyl (C=O) groups excluding carboxylic acids is 2. The first kappa shape index (κ1) is 19.8.